The van der Waals surface area contributed by atoms with Crippen LogP contribution >= 0.6 is 15.9 Å². The van der Waals surface area contributed by atoms with Gasteiger partial charge < -0.3 is 14.9 Å². The molecule has 1 aliphatic heterocycles. The Kier molecular flexibility index (Phi) is 3.96. The van der Waals surface area contributed by atoms with E-state index in [0.29, 0.717) is 13.0 Å². The van der Waals surface area contributed by atoms with E-state index in [4.69, 9.17) is 9.57 Å². The van der Waals surface area contributed by atoms with E-state index in [1.54, 1.807) is 0 Å². The second-order valence-electron chi connectivity index (χ2n) is 4.28. The van der Waals surface area contributed by atoms with Crippen LogP contribution < -0.4 is 5.32 Å². The van der Waals surface area contributed by atoms with Crippen LogP contribution in [0.2, 0.25) is 0 Å². The van der Waals surface area contributed by atoms with E-state index in [1.165, 1.54) is 0 Å². The lowest BCUT2D eigenvalue weighted by molar-refractivity contribution is 0.0439. The molecule has 0 bridgehead atoms. The van der Waals surface area contributed by atoms with Crippen molar-refractivity contribution in [1.29, 1.82) is 0 Å². The van der Waals surface area contributed by atoms with Gasteiger partial charge in [0.1, 0.15) is 10.2 Å². The number of carbonyl (C=O) groups is 1. The maximum absolute atomic E-state index is 11.3. The highest BCUT2D eigenvalue weighted by Crippen LogP contribution is 2.13. The molecule has 0 aromatic rings. The smallest absolute Gasteiger partial charge is 0.407 e. The Balaban J connectivity index is 2.18. The summed E-state index contributed by atoms with van der Waals surface area (Å²) in [6, 6.07) is 0. The van der Waals surface area contributed by atoms with Crippen LogP contribution in [-0.4, -0.2) is 29.0 Å². The van der Waals surface area contributed by atoms with Crippen LogP contribution in [0.1, 0.15) is 27.2 Å². The monoisotopic (exact) mass is 278 g/mol. The Morgan fingerprint density at radius 3 is 2.87 bits per heavy atom. The van der Waals surface area contributed by atoms with Crippen LogP contribution in [0.5, 0.6) is 0 Å². The summed E-state index contributed by atoms with van der Waals surface area (Å²) in [7, 11) is 0. The van der Waals surface area contributed by atoms with Crippen molar-refractivity contribution in [2.75, 3.05) is 6.54 Å². The molecule has 1 aliphatic rings. The number of alkyl carbamates (subject to hydrolysis) is 1. The average molecular weight is 279 g/mol. The molecule has 0 radical (unpaired) electrons. The summed E-state index contributed by atoms with van der Waals surface area (Å²) in [5.41, 5.74) is -0.475. The van der Waals surface area contributed by atoms with E-state index in [9.17, 15) is 4.79 Å². The van der Waals surface area contributed by atoms with E-state index < -0.39 is 11.7 Å². The van der Waals surface area contributed by atoms with Crippen LogP contribution in [0.3, 0.4) is 0 Å². The van der Waals surface area contributed by atoms with Crippen LogP contribution in [0.25, 0.3) is 0 Å². The first kappa shape index (κ1) is 12.3. The van der Waals surface area contributed by atoms with Gasteiger partial charge >= 0.3 is 6.09 Å². The number of halogens is 1. The van der Waals surface area contributed by atoms with Gasteiger partial charge in [0.25, 0.3) is 0 Å². The Morgan fingerprint density at radius 2 is 2.40 bits per heavy atom. The SMILES string of the molecule is CC(C)(C)OC(=O)NC[C@@H]1CC(Br)=NO1. The predicted molar refractivity (Wildman–Crippen MR) is 60.1 cm³/mol. The average Bonchev–Trinajstić information content (AvgIpc) is 2.45. The Hall–Kier alpha value is -0.780. The predicted octanol–water partition coefficient (Wildman–Crippen LogP) is 2.01. The zero-order valence-electron chi connectivity index (χ0n) is 9.04. The summed E-state index contributed by atoms with van der Waals surface area (Å²) in [6.07, 6.45) is 0.136. The number of oxime groups is 1. The van der Waals surface area contributed by atoms with Gasteiger partial charge in [-0.25, -0.2) is 4.79 Å². The van der Waals surface area contributed by atoms with Crippen molar-refractivity contribution in [3.8, 4) is 0 Å². The molecule has 1 rings (SSSR count). The molecule has 5 nitrogen and oxygen atoms in total. The minimum Gasteiger partial charge on any atom is -0.444 e. The van der Waals surface area contributed by atoms with Gasteiger partial charge in [-0.15, -0.1) is 0 Å². The fraction of sp³-hybridized carbons (Fsp3) is 0.778. The molecule has 0 saturated carbocycles. The zero-order valence-corrected chi connectivity index (χ0v) is 10.6. The normalized spacial score (nSPS) is 20.5. The number of hydrogen-bond acceptors (Lipinski definition) is 4. The fourth-order valence-electron chi connectivity index (χ4n) is 1.01. The Bertz CT molecular complexity index is 273. The maximum atomic E-state index is 11.3. The molecule has 0 spiro atoms. The van der Waals surface area contributed by atoms with E-state index in [2.05, 4.69) is 26.4 Å². The minimum absolute atomic E-state index is 0.105. The fourth-order valence-corrected chi connectivity index (χ4v) is 1.46. The molecule has 1 heterocycles. The van der Waals surface area contributed by atoms with Crippen molar-refractivity contribution in [2.45, 2.75) is 38.9 Å². The topological polar surface area (TPSA) is 59.9 Å². The number of nitrogens with zero attached hydrogens (tertiary/aromatic N) is 1. The van der Waals surface area contributed by atoms with Crippen LogP contribution in [0.15, 0.2) is 5.16 Å². The van der Waals surface area contributed by atoms with Crippen molar-refractivity contribution >= 4 is 26.6 Å². The van der Waals surface area contributed by atoms with Crippen molar-refractivity contribution in [2.24, 2.45) is 5.16 Å². The maximum Gasteiger partial charge on any atom is 0.407 e. The molecule has 1 amide bonds. The second-order valence-corrected chi connectivity index (χ2v) is 5.20. The third kappa shape index (κ3) is 5.01. The molecule has 1 atom stereocenters. The van der Waals surface area contributed by atoms with E-state index >= 15 is 0 Å². The molecule has 0 aromatic heterocycles. The Morgan fingerprint density at radius 1 is 1.73 bits per heavy atom. The molecule has 6 heteroatoms. The summed E-state index contributed by atoms with van der Waals surface area (Å²) < 4.78 is 5.83. The van der Waals surface area contributed by atoms with Crippen molar-refractivity contribution in [1.82, 2.24) is 5.32 Å². The molecule has 0 aromatic carbocycles. The van der Waals surface area contributed by atoms with Gasteiger partial charge in [0, 0.05) is 6.42 Å². The highest BCUT2D eigenvalue weighted by Gasteiger charge is 2.21. The highest BCUT2D eigenvalue weighted by atomic mass is 79.9. The number of nitrogens with one attached hydrogen (secondary N) is 1. The number of carbonyl (C=O) groups excluding carboxylic acids is 1. The molecule has 86 valence electrons. The number of ether oxygens (including phenoxy) is 1. The summed E-state index contributed by atoms with van der Waals surface area (Å²) in [5, 5.41) is 6.33. The van der Waals surface area contributed by atoms with Crippen LogP contribution in [0, 0.1) is 0 Å². The third-order valence-electron chi connectivity index (χ3n) is 1.57. The summed E-state index contributed by atoms with van der Waals surface area (Å²) in [4.78, 5) is 16.3. The van der Waals surface area contributed by atoms with Crippen molar-refractivity contribution in [3.63, 3.8) is 0 Å². The van der Waals surface area contributed by atoms with Gasteiger partial charge in [-0.3, -0.25) is 0 Å². The largest absolute Gasteiger partial charge is 0.444 e. The molecule has 0 saturated heterocycles. The minimum atomic E-state index is -0.475. The molecular formula is C9H15BrN2O3. The molecular weight excluding hydrogens is 264 g/mol. The summed E-state index contributed by atoms with van der Waals surface area (Å²) >= 11 is 3.22. The van der Waals surface area contributed by atoms with Gasteiger partial charge in [-0.05, 0) is 36.7 Å². The molecule has 0 fully saturated rings. The lowest BCUT2D eigenvalue weighted by Crippen LogP contribution is -2.36. The van der Waals surface area contributed by atoms with E-state index in [1.807, 2.05) is 20.8 Å². The quantitative estimate of drug-likeness (QED) is 0.841. The first-order chi connectivity index (χ1) is 6.87. The van der Waals surface area contributed by atoms with Gasteiger partial charge in [-0.2, -0.15) is 0 Å². The van der Waals surface area contributed by atoms with Crippen molar-refractivity contribution in [3.05, 3.63) is 0 Å². The molecule has 1 N–H and O–H groups in total. The van der Waals surface area contributed by atoms with Crippen LogP contribution in [0.4, 0.5) is 4.79 Å². The first-order valence-corrected chi connectivity index (χ1v) is 5.51. The zero-order chi connectivity index (χ0) is 11.5. The van der Waals surface area contributed by atoms with Gasteiger partial charge in [0.2, 0.25) is 0 Å². The number of hydrogen-bond donors (Lipinski definition) is 1. The van der Waals surface area contributed by atoms with Gasteiger partial charge in [0.15, 0.2) is 6.10 Å². The van der Waals surface area contributed by atoms with Crippen molar-refractivity contribution < 1.29 is 14.4 Å². The number of amides is 1. The first-order valence-electron chi connectivity index (χ1n) is 4.72. The van der Waals surface area contributed by atoms with E-state index in [-0.39, 0.29) is 6.10 Å². The lowest BCUT2D eigenvalue weighted by atomic mass is 10.2. The standard InChI is InChI=1S/C9H15BrN2O3/c1-9(2,3)14-8(13)11-5-6-4-7(10)12-15-6/h6H,4-5H2,1-3H3,(H,11,13)/t6-/m0/s1. The van der Waals surface area contributed by atoms with Crippen LogP contribution in [-0.2, 0) is 9.57 Å². The molecule has 15 heavy (non-hydrogen) atoms. The number of rotatable bonds is 2. The van der Waals surface area contributed by atoms with Gasteiger partial charge in [-0.1, -0.05) is 5.16 Å². The highest BCUT2D eigenvalue weighted by molar-refractivity contribution is 9.18. The molecule has 0 aliphatic carbocycles. The summed E-state index contributed by atoms with van der Waals surface area (Å²) in [6.45, 7) is 5.85. The van der Waals surface area contributed by atoms with E-state index in [0.717, 1.165) is 4.62 Å². The molecule has 0 unspecified atom stereocenters. The summed E-state index contributed by atoms with van der Waals surface area (Å²) in [5.74, 6) is 0. The second kappa shape index (κ2) is 4.83. The lowest BCUT2D eigenvalue weighted by Gasteiger charge is -2.20. The Labute approximate surface area is 97.3 Å². The third-order valence-corrected chi connectivity index (χ3v) is 2.04. The van der Waals surface area contributed by atoms with Gasteiger partial charge in [0.05, 0.1) is 6.54 Å².